The molecule has 1 heterocycles. The first-order chi connectivity index (χ1) is 18.7. The quantitative estimate of drug-likeness (QED) is 0.188. The number of aromatic nitrogens is 1. The Morgan fingerprint density at radius 1 is 1.00 bits per heavy atom. The van der Waals surface area contributed by atoms with Crippen LogP contribution in [-0.4, -0.2) is 28.4 Å². The average molecular weight is 568 g/mol. The molecule has 8 nitrogen and oxygen atoms in total. The number of nitrogens with zero attached hydrogens (tertiary/aromatic N) is 1. The van der Waals surface area contributed by atoms with Gasteiger partial charge in [0.2, 0.25) is 0 Å². The SMILES string of the molecule is Cc1noc(-c2ccc(CNC(Cc3ccccc3Cl)C(=O)O)cc2)c1NC(=O)OC(C)c1ccccc1Cl. The lowest BCUT2D eigenvalue weighted by molar-refractivity contribution is -0.139. The van der Waals surface area contributed by atoms with Crippen molar-refractivity contribution in [1.29, 1.82) is 0 Å². The predicted molar refractivity (Wildman–Crippen MR) is 150 cm³/mol. The number of carbonyl (C=O) groups excluding carboxylic acids is 1. The number of ether oxygens (including phenoxy) is 1. The molecule has 1 aromatic heterocycles. The Labute approximate surface area is 235 Å². The van der Waals surface area contributed by atoms with Crippen LogP contribution in [0.2, 0.25) is 10.0 Å². The zero-order valence-corrected chi connectivity index (χ0v) is 22.8. The number of aliphatic carboxylic acids is 1. The highest BCUT2D eigenvalue weighted by Gasteiger charge is 2.21. The minimum absolute atomic E-state index is 0.255. The first-order valence-corrected chi connectivity index (χ1v) is 13.0. The van der Waals surface area contributed by atoms with E-state index in [0.29, 0.717) is 44.9 Å². The summed E-state index contributed by atoms with van der Waals surface area (Å²) in [6.45, 7) is 3.77. The second kappa shape index (κ2) is 12.8. The number of halogens is 2. The van der Waals surface area contributed by atoms with E-state index >= 15 is 0 Å². The Kier molecular flexibility index (Phi) is 9.24. The molecule has 0 spiro atoms. The van der Waals surface area contributed by atoms with Crippen molar-refractivity contribution in [3.05, 3.63) is 105 Å². The maximum absolute atomic E-state index is 12.6. The number of carboxylic acids is 1. The van der Waals surface area contributed by atoms with Crippen LogP contribution in [0.3, 0.4) is 0 Å². The van der Waals surface area contributed by atoms with Crippen molar-refractivity contribution in [2.45, 2.75) is 39.0 Å². The Hall–Kier alpha value is -3.85. The van der Waals surface area contributed by atoms with Crippen molar-refractivity contribution in [1.82, 2.24) is 10.5 Å². The van der Waals surface area contributed by atoms with Crippen LogP contribution in [0.1, 0.15) is 35.4 Å². The molecule has 0 aliphatic heterocycles. The van der Waals surface area contributed by atoms with Gasteiger partial charge in [0.25, 0.3) is 0 Å². The largest absolute Gasteiger partial charge is 0.480 e. The molecule has 0 saturated heterocycles. The van der Waals surface area contributed by atoms with Gasteiger partial charge in [-0.1, -0.05) is 89.0 Å². The Morgan fingerprint density at radius 3 is 2.33 bits per heavy atom. The van der Waals surface area contributed by atoms with Crippen molar-refractivity contribution >= 4 is 41.0 Å². The fourth-order valence-electron chi connectivity index (χ4n) is 4.02. The molecule has 202 valence electrons. The lowest BCUT2D eigenvalue weighted by Crippen LogP contribution is -2.38. The van der Waals surface area contributed by atoms with Gasteiger partial charge >= 0.3 is 12.1 Å². The molecule has 4 rings (SSSR count). The molecule has 39 heavy (non-hydrogen) atoms. The summed E-state index contributed by atoms with van der Waals surface area (Å²) in [5, 5.41) is 20.5. The van der Waals surface area contributed by atoms with Crippen LogP contribution in [0.15, 0.2) is 77.3 Å². The first-order valence-electron chi connectivity index (χ1n) is 12.2. The van der Waals surface area contributed by atoms with Crippen LogP contribution >= 0.6 is 23.2 Å². The van der Waals surface area contributed by atoms with E-state index in [4.69, 9.17) is 32.5 Å². The van der Waals surface area contributed by atoms with E-state index in [1.165, 1.54) is 0 Å². The molecular formula is C29H27Cl2N3O5. The summed E-state index contributed by atoms with van der Waals surface area (Å²) < 4.78 is 11.0. The third-order valence-electron chi connectivity index (χ3n) is 6.17. The normalized spacial score (nSPS) is 12.5. The Morgan fingerprint density at radius 2 is 1.67 bits per heavy atom. The van der Waals surface area contributed by atoms with E-state index in [-0.39, 0.29) is 6.42 Å². The summed E-state index contributed by atoms with van der Waals surface area (Å²) >= 11 is 12.4. The fraction of sp³-hybridized carbons (Fsp3) is 0.207. The molecule has 3 N–H and O–H groups in total. The highest BCUT2D eigenvalue weighted by molar-refractivity contribution is 6.31. The lowest BCUT2D eigenvalue weighted by atomic mass is 10.0. The summed E-state index contributed by atoms with van der Waals surface area (Å²) in [6, 6.07) is 20.8. The van der Waals surface area contributed by atoms with E-state index in [2.05, 4.69) is 15.8 Å². The number of hydrogen-bond donors (Lipinski definition) is 3. The maximum Gasteiger partial charge on any atom is 0.412 e. The van der Waals surface area contributed by atoms with E-state index in [0.717, 1.165) is 11.1 Å². The van der Waals surface area contributed by atoms with Gasteiger partial charge in [-0.3, -0.25) is 10.1 Å². The Balaban J connectivity index is 1.40. The summed E-state index contributed by atoms with van der Waals surface area (Å²) in [7, 11) is 0. The van der Waals surface area contributed by atoms with Crippen LogP contribution in [0.25, 0.3) is 11.3 Å². The highest BCUT2D eigenvalue weighted by Crippen LogP contribution is 2.32. The van der Waals surface area contributed by atoms with Crippen LogP contribution in [0.4, 0.5) is 10.5 Å². The van der Waals surface area contributed by atoms with Gasteiger partial charge in [-0.2, -0.15) is 0 Å². The maximum atomic E-state index is 12.6. The number of anilines is 1. The molecule has 0 saturated carbocycles. The van der Waals surface area contributed by atoms with Crippen LogP contribution in [0.5, 0.6) is 0 Å². The molecule has 0 bridgehead atoms. The van der Waals surface area contributed by atoms with Crippen molar-refractivity contribution in [3.8, 4) is 11.3 Å². The summed E-state index contributed by atoms with van der Waals surface area (Å²) in [4.78, 5) is 24.4. The molecular weight excluding hydrogens is 541 g/mol. The molecule has 0 radical (unpaired) electrons. The van der Waals surface area contributed by atoms with Crippen molar-refractivity contribution in [2.75, 3.05) is 5.32 Å². The highest BCUT2D eigenvalue weighted by atomic mass is 35.5. The average Bonchev–Trinajstić information content (AvgIpc) is 3.27. The van der Waals surface area contributed by atoms with Gasteiger partial charge in [-0.25, -0.2) is 4.79 Å². The third kappa shape index (κ3) is 7.17. The third-order valence-corrected chi connectivity index (χ3v) is 6.88. The van der Waals surface area contributed by atoms with Crippen molar-refractivity contribution in [2.24, 2.45) is 0 Å². The molecule has 10 heteroatoms. The molecule has 2 unspecified atom stereocenters. The number of nitrogens with one attached hydrogen (secondary N) is 2. The zero-order chi connectivity index (χ0) is 27.9. The number of amides is 1. The number of carbonyl (C=O) groups is 2. The van der Waals surface area contributed by atoms with Crippen LogP contribution in [-0.2, 0) is 22.5 Å². The number of aryl methyl sites for hydroxylation is 1. The van der Waals surface area contributed by atoms with Gasteiger partial charge in [0, 0.05) is 27.7 Å². The monoisotopic (exact) mass is 567 g/mol. The van der Waals surface area contributed by atoms with Crippen LogP contribution in [0, 0.1) is 6.92 Å². The molecule has 3 aromatic carbocycles. The van der Waals surface area contributed by atoms with Gasteiger partial charge in [0.1, 0.15) is 23.5 Å². The minimum Gasteiger partial charge on any atom is -0.480 e. The van der Waals surface area contributed by atoms with Gasteiger partial charge in [0.15, 0.2) is 5.76 Å². The fourth-order valence-corrected chi connectivity index (χ4v) is 4.52. The van der Waals surface area contributed by atoms with E-state index in [1.54, 1.807) is 44.2 Å². The molecule has 0 fully saturated rings. The second-order valence-electron chi connectivity index (χ2n) is 8.93. The number of carboxylic acid groups (broad SMARTS) is 1. The zero-order valence-electron chi connectivity index (χ0n) is 21.3. The van der Waals surface area contributed by atoms with Crippen LogP contribution < -0.4 is 10.6 Å². The molecule has 0 aliphatic carbocycles. The smallest absolute Gasteiger partial charge is 0.412 e. The molecule has 0 aliphatic rings. The Bertz CT molecular complexity index is 1460. The van der Waals surface area contributed by atoms with E-state index in [9.17, 15) is 14.7 Å². The van der Waals surface area contributed by atoms with Gasteiger partial charge in [0.05, 0.1) is 0 Å². The summed E-state index contributed by atoms with van der Waals surface area (Å²) in [6.07, 6.45) is -0.986. The number of rotatable bonds is 10. The topological polar surface area (TPSA) is 114 Å². The number of benzene rings is 3. The molecule has 2 atom stereocenters. The first kappa shape index (κ1) is 28.2. The molecule has 1 amide bonds. The van der Waals surface area contributed by atoms with Crippen molar-refractivity contribution < 1.29 is 24.0 Å². The summed E-state index contributed by atoms with van der Waals surface area (Å²) in [5.41, 5.74) is 3.88. The molecule has 4 aromatic rings. The summed E-state index contributed by atoms with van der Waals surface area (Å²) in [5.74, 6) is -0.591. The van der Waals surface area contributed by atoms with Gasteiger partial charge < -0.3 is 19.7 Å². The second-order valence-corrected chi connectivity index (χ2v) is 9.74. The van der Waals surface area contributed by atoms with Gasteiger partial charge in [-0.15, -0.1) is 0 Å². The standard InChI is InChI=1S/C29H27Cl2N3O5/c1-17-26(33-29(37)38-18(2)22-8-4-6-10-24(22)31)27(39-34-17)20-13-11-19(12-14-20)16-32-25(28(35)36)15-21-7-3-5-9-23(21)30/h3-14,18,25,32H,15-16H2,1-2H3,(H,33,37)(H,35,36). The predicted octanol–water partition coefficient (Wildman–Crippen LogP) is 7.05. The van der Waals surface area contributed by atoms with E-state index in [1.807, 2.05) is 42.5 Å². The van der Waals surface area contributed by atoms with Gasteiger partial charge in [-0.05, 0) is 43.5 Å². The van der Waals surface area contributed by atoms with E-state index < -0.39 is 24.2 Å². The lowest BCUT2D eigenvalue weighted by Gasteiger charge is -2.16. The number of hydrogen-bond acceptors (Lipinski definition) is 6. The van der Waals surface area contributed by atoms with Crippen molar-refractivity contribution in [3.63, 3.8) is 0 Å². The minimum atomic E-state index is -0.963.